The van der Waals surface area contributed by atoms with Crippen LogP contribution < -0.4 is 19.7 Å². The molecule has 2 aliphatic rings. The van der Waals surface area contributed by atoms with Crippen molar-refractivity contribution >= 4 is 45.9 Å². The van der Waals surface area contributed by atoms with Crippen LogP contribution in [0.4, 0.5) is 11.4 Å². The number of unbranched alkanes of at least 4 members (excludes halogenated alkanes) is 1. The van der Waals surface area contributed by atoms with E-state index >= 15 is 0 Å². The minimum Gasteiger partial charge on any atom is -0.488 e. The summed E-state index contributed by atoms with van der Waals surface area (Å²) >= 11 is 6.04. The zero-order chi connectivity index (χ0) is 23.9. The van der Waals surface area contributed by atoms with Crippen LogP contribution in [0.3, 0.4) is 0 Å². The summed E-state index contributed by atoms with van der Waals surface area (Å²) in [5, 5.41) is 3.63. The van der Waals surface area contributed by atoms with Crippen LogP contribution in [0.15, 0.2) is 48.0 Å². The van der Waals surface area contributed by atoms with Gasteiger partial charge in [-0.3, -0.25) is 9.69 Å². The summed E-state index contributed by atoms with van der Waals surface area (Å²) in [5.74, 6) is 0.672. The van der Waals surface area contributed by atoms with E-state index in [1.54, 1.807) is 12.3 Å². The van der Waals surface area contributed by atoms with Gasteiger partial charge in [-0.15, -0.1) is 0 Å². The van der Waals surface area contributed by atoms with E-state index in [1.165, 1.54) is 0 Å². The number of amides is 1. The highest BCUT2D eigenvalue weighted by atomic mass is 35.5. The van der Waals surface area contributed by atoms with E-state index in [4.69, 9.17) is 16.3 Å². The number of nitrogens with zero attached hydrogens (tertiary/aromatic N) is 2. The van der Waals surface area contributed by atoms with Crippen molar-refractivity contribution in [3.05, 3.63) is 58.6 Å². The quantitative estimate of drug-likeness (QED) is 0.513. The van der Waals surface area contributed by atoms with E-state index < -0.39 is 11.0 Å². The van der Waals surface area contributed by atoms with Gasteiger partial charge in [-0.25, -0.2) is 4.21 Å². The average Bonchev–Trinajstić information content (AvgIpc) is 2.83. The first-order chi connectivity index (χ1) is 16.5. The summed E-state index contributed by atoms with van der Waals surface area (Å²) < 4.78 is 20.0. The fourth-order valence-corrected chi connectivity index (χ4v) is 4.86. The molecule has 1 fully saturated rings. The normalized spacial score (nSPS) is 16.8. The van der Waals surface area contributed by atoms with Gasteiger partial charge in [0.1, 0.15) is 23.3 Å². The lowest BCUT2D eigenvalue weighted by Crippen LogP contribution is -2.46. The molecule has 0 aliphatic carbocycles. The lowest BCUT2D eigenvalue weighted by Gasteiger charge is -2.36. The molecule has 2 aromatic rings. The largest absolute Gasteiger partial charge is 0.488 e. The molecule has 9 heteroatoms. The second-order valence-corrected chi connectivity index (χ2v) is 10.1. The predicted molar refractivity (Wildman–Crippen MR) is 140 cm³/mol. The molecular formula is C25H31ClN4O3S. The zero-order valence-electron chi connectivity index (χ0n) is 19.4. The predicted octanol–water partition coefficient (Wildman–Crippen LogP) is 3.54. The van der Waals surface area contributed by atoms with Gasteiger partial charge in [-0.1, -0.05) is 17.7 Å². The van der Waals surface area contributed by atoms with Gasteiger partial charge in [0.05, 0.1) is 5.57 Å². The second-order valence-electron chi connectivity index (χ2n) is 8.54. The Morgan fingerprint density at radius 2 is 1.94 bits per heavy atom. The molecule has 0 aromatic heterocycles. The Balaban J connectivity index is 1.14. The molecular weight excluding hydrogens is 472 g/mol. The van der Waals surface area contributed by atoms with E-state index in [9.17, 15) is 9.00 Å². The van der Waals surface area contributed by atoms with Crippen LogP contribution in [0, 0.1) is 0 Å². The summed E-state index contributed by atoms with van der Waals surface area (Å²) in [6.07, 6.45) is 5.46. The number of hydrogen-bond donors (Lipinski definition) is 2. The van der Waals surface area contributed by atoms with E-state index in [2.05, 4.69) is 32.0 Å². The zero-order valence-corrected chi connectivity index (χ0v) is 21.0. The third-order valence-electron chi connectivity index (χ3n) is 6.01. The van der Waals surface area contributed by atoms with Crippen molar-refractivity contribution in [2.45, 2.75) is 12.8 Å². The number of hydrogen-bond acceptors (Lipinski definition) is 5. The molecule has 182 valence electrons. The monoisotopic (exact) mass is 502 g/mol. The molecule has 2 N–H and O–H groups in total. The fourth-order valence-electron chi connectivity index (χ4n) is 4.22. The minimum atomic E-state index is -1.07. The van der Waals surface area contributed by atoms with Gasteiger partial charge in [-0.05, 0) is 61.9 Å². The summed E-state index contributed by atoms with van der Waals surface area (Å²) in [6, 6.07) is 13.5. The van der Waals surface area contributed by atoms with E-state index in [1.807, 2.05) is 30.3 Å². The topological polar surface area (TPSA) is 73.9 Å². The molecule has 7 nitrogen and oxygen atoms in total. The van der Waals surface area contributed by atoms with Crippen LogP contribution in [0.2, 0.25) is 5.02 Å². The van der Waals surface area contributed by atoms with Crippen molar-refractivity contribution in [2.24, 2.45) is 0 Å². The van der Waals surface area contributed by atoms with Gasteiger partial charge in [0.15, 0.2) is 0 Å². The second kappa shape index (κ2) is 11.7. The first-order valence-corrected chi connectivity index (χ1v) is 13.5. The number of carbonyl (C=O) groups is 1. The first-order valence-electron chi connectivity index (χ1n) is 11.6. The maximum Gasteiger partial charge on any atom is 0.250 e. The number of fused-ring (bicyclic) bond motifs is 1. The van der Waals surface area contributed by atoms with Crippen LogP contribution in [-0.4, -0.2) is 67.1 Å². The fraction of sp³-hybridized carbons (Fsp3) is 0.400. The van der Waals surface area contributed by atoms with Gasteiger partial charge >= 0.3 is 0 Å². The summed E-state index contributed by atoms with van der Waals surface area (Å²) in [7, 11) is -1.07. The molecule has 1 saturated heterocycles. The van der Waals surface area contributed by atoms with Crippen LogP contribution >= 0.6 is 11.6 Å². The third-order valence-corrected chi connectivity index (χ3v) is 6.77. The molecule has 0 bridgehead atoms. The van der Waals surface area contributed by atoms with Crippen LogP contribution in [0.25, 0.3) is 6.08 Å². The number of nitrogens with one attached hydrogen (secondary N) is 2. The van der Waals surface area contributed by atoms with Gasteiger partial charge in [0, 0.05) is 60.9 Å². The lowest BCUT2D eigenvalue weighted by atomic mass is 10.1. The number of benzene rings is 2. The summed E-state index contributed by atoms with van der Waals surface area (Å²) in [5.41, 5.74) is 3.50. The Morgan fingerprint density at radius 3 is 2.74 bits per heavy atom. The summed E-state index contributed by atoms with van der Waals surface area (Å²) in [6.45, 7) is 5.91. The number of ether oxygens (including phenoxy) is 1. The van der Waals surface area contributed by atoms with Crippen molar-refractivity contribution in [2.75, 3.05) is 61.8 Å². The Labute approximate surface area is 208 Å². The molecule has 0 spiro atoms. The van der Waals surface area contributed by atoms with Gasteiger partial charge in [-0.2, -0.15) is 0 Å². The van der Waals surface area contributed by atoms with Crippen LogP contribution in [-0.2, 0) is 15.8 Å². The van der Waals surface area contributed by atoms with Crippen molar-refractivity contribution in [1.82, 2.24) is 10.2 Å². The molecule has 34 heavy (non-hydrogen) atoms. The molecule has 0 radical (unpaired) electrons. The Bertz CT molecular complexity index is 1070. The molecule has 2 aromatic carbocycles. The van der Waals surface area contributed by atoms with E-state index in [0.29, 0.717) is 17.1 Å². The summed E-state index contributed by atoms with van der Waals surface area (Å²) in [4.78, 5) is 17.3. The van der Waals surface area contributed by atoms with Crippen molar-refractivity contribution in [1.29, 1.82) is 0 Å². The molecule has 2 heterocycles. The van der Waals surface area contributed by atoms with E-state index in [-0.39, 0.29) is 12.5 Å². The number of halogens is 1. The Kier molecular flexibility index (Phi) is 8.48. The lowest BCUT2D eigenvalue weighted by molar-refractivity contribution is -0.117. The molecule has 2 aliphatic heterocycles. The highest BCUT2D eigenvalue weighted by molar-refractivity contribution is 7.85. The van der Waals surface area contributed by atoms with Crippen LogP contribution in [0.5, 0.6) is 5.75 Å². The molecule has 0 saturated carbocycles. The average molecular weight is 503 g/mol. The highest BCUT2D eigenvalue weighted by Crippen LogP contribution is 2.29. The minimum absolute atomic E-state index is 0.0807. The number of piperazine rings is 1. The number of carbonyl (C=O) groups excluding carboxylic acids is 1. The molecule has 1 amide bonds. The Hall–Kier alpha value is -2.55. The third kappa shape index (κ3) is 6.74. The number of anilines is 2. The molecule has 1 unspecified atom stereocenters. The number of rotatable bonds is 9. The molecule has 4 rings (SSSR count). The van der Waals surface area contributed by atoms with E-state index in [0.717, 1.165) is 68.3 Å². The van der Waals surface area contributed by atoms with Crippen LogP contribution in [0.1, 0.15) is 18.4 Å². The van der Waals surface area contributed by atoms with Gasteiger partial charge in [0.25, 0.3) is 5.91 Å². The maximum absolute atomic E-state index is 12.5. The Morgan fingerprint density at radius 1 is 1.12 bits per heavy atom. The SMILES string of the molecule is CS(=O)Nc1cccc(N2CCN(CCCCNC(=O)C3=Cc4cc(Cl)ccc4OC3)CC2)c1. The van der Waals surface area contributed by atoms with Gasteiger partial charge in [0.2, 0.25) is 0 Å². The van der Waals surface area contributed by atoms with Crippen molar-refractivity contribution in [3.8, 4) is 5.75 Å². The highest BCUT2D eigenvalue weighted by Gasteiger charge is 2.19. The maximum atomic E-state index is 12.5. The van der Waals surface area contributed by atoms with Crippen molar-refractivity contribution < 1.29 is 13.7 Å². The van der Waals surface area contributed by atoms with Crippen molar-refractivity contribution in [3.63, 3.8) is 0 Å². The smallest absolute Gasteiger partial charge is 0.250 e. The standard InChI is InChI=1S/C25H31ClN4O3S/c1-34(32)28-22-5-4-6-23(17-22)30-13-11-29(12-14-30)10-3-2-9-27-25(31)20-15-19-16-21(26)7-8-24(19)33-18-20/h4-8,15-17,28H,2-3,9-14,18H2,1H3,(H,27,31). The first kappa shape index (κ1) is 24.6. The van der Waals surface area contributed by atoms with Gasteiger partial charge < -0.3 is 19.7 Å². The molecule has 1 atom stereocenters.